The number of carboxylic acid groups (broad SMARTS) is 1. The maximum atomic E-state index is 11.9. The number of hydrogen-bond acceptors (Lipinski definition) is 4. The van der Waals surface area contributed by atoms with Crippen LogP contribution in [0.4, 0.5) is 4.79 Å². The van der Waals surface area contributed by atoms with Gasteiger partial charge in [-0.05, 0) is 12.1 Å². The van der Waals surface area contributed by atoms with Crippen molar-refractivity contribution in [2.45, 2.75) is 6.42 Å². The van der Waals surface area contributed by atoms with Gasteiger partial charge in [-0.25, -0.2) is 4.79 Å². The number of amides is 2. The molecule has 0 aromatic carbocycles. The number of methoxy groups -OCH3 is 1. The van der Waals surface area contributed by atoms with Crippen LogP contribution in [0.15, 0.2) is 24.4 Å². The molecule has 7 heteroatoms. The lowest BCUT2D eigenvalue weighted by molar-refractivity contribution is -0.137. The van der Waals surface area contributed by atoms with E-state index in [9.17, 15) is 9.59 Å². The van der Waals surface area contributed by atoms with E-state index >= 15 is 0 Å². The number of hydrogen-bond donors (Lipinski definition) is 2. The lowest BCUT2D eigenvalue weighted by Crippen LogP contribution is -2.44. The molecule has 2 amide bonds. The summed E-state index contributed by atoms with van der Waals surface area (Å²) < 4.78 is 4.85. The van der Waals surface area contributed by atoms with Crippen molar-refractivity contribution in [3.63, 3.8) is 0 Å². The Kier molecular flexibility index (Phi) is 7.05. The molecule has 0 unspecified atom stereocenters. The lowest BCUT2D eigenvalue weighted by atomic mass is 10.3. The van der Waals surface area contributed by atoms with Gasteiger partial charge in [-0.15, -0.1) is 0 Å². The van der Waals surface area contributed by atoms with E-state index in [4.69, 9.17) is 9.84 Å². The lowest BCUT2D eigenvalue weighted by Gasteiger charge is -2.20. The van der Waals surface area contributed by atoms with Gasteiger partial charge in [0.2, 0.25) is 0 Å². The van der Waals surface area contributed by atoms with Crippen LogP contribution in [-0.4, -0.2) is 60.3 Å². The first-order valence-electron chi connectivity index (χ1n) is 6.27. The Hall–Kier alpha value is -2.15. The number of carbonyl (C=O) groups excluding carboxylic acids is 1. The van der Waals surface area contributed by atoms with Crippen molar-refractivity contribution < 1.29 is 19.4 Å². The molecule has 0 saturated heterocycles. The zero-order valence-corrected chi connectivity index (χ0v) is 11.4. The van der Waals surface area contributed by atoms with Crippen LogP contribution in [0.3, 0.4) is 0 Å². The van der Waals surface area contributed by atoms with Crippen LogP contribution in [0.5, 0.6) is 0 Å². The smallest absolute Gasteiger partial charge is 0.323 e. The first kappa shape index (κ1) is 15.9. The number of aliphatic carboxylic acids is 1. The summed E-state index contributed by atoms with van der Waals surface area (Å²) in [6.45, 7) is 0.580. The van der Waals surface area contributed by atoms with Gasteiger partial charge in [-0.2, -0.15) is 0 Å². The zero-order chi connectivity index (χ0) is 14.8. The third-order valence-corrected chi connectivity index (χ3v) is 2.56. The maximum absolute atomic E-state index is 11.9. The van der Waals surface area contributed by atoms with E-state index in [1.807, 2.05) is 18.2 Å². The molecule has 1 heterocycles. The average Bonchev–Trinajstić information content (AvgIpc) is 2.44. The number of rotatable bonds is 8. The second-order valence-electron chi connectivity index (χ2n) is 4.11. The number of nitrogens with zero attached hydrogens (tertiary/aromatic N) is 2. The SMILES string of the molecule is COCCN(CC(=O)O)C(=O)NCCc1ccccn1. The summed E-state index contributed by atoms with van der Waals surface area (Å²) in [4.78, 5) is 27.9. The Labute approximate surface area is 117 Å². The third-order valence-electron chi connectivity index (χ3n) is 2.56. The molecule has 20 heavy (non-hydrogen) atoms. The summed E-state index contributed by atoms with van der Waals surface area (Å²) in [5, 5.41) is 11.4. The Morgan fingerprint density at radius 2 is 2.25 bits per heavy atom. The maximum Gasteiger partial charge on any atom is 0.323 e. The summed E-state index contributed by atoms with van der Waals surface area (Å²) >= 11 is 0. The first-order chi connectivity index (χ1) is 9.63. The molecule has 1 aromatic heterocycles. The molecule has 0 radical (unpaired) electrons. The van der Waals surface area contributed by atoms with Crippen LogP contribution in [0.25, 0.3) is 0 Å². The van der Waals surface area contributed by atoms with Gasteiger partial charge in [-0.1, -0.05) is 6.07 Å². The predicted octanol–water partition coefficient (Wildman–Crippen LogP) is 0.367. The molecule has 0 spiro atoms. The molecule has 0 aliphatic carbocycles. The van der Waals surface area contributed by atoms with Crippen LogP contribution >= 0.6 is 0 Å². The van der Waals surface area contributed by atoms with E-state index in [2.05, 4.69) is 10.3 Å². The summed E-state index contributed by atoms with van der Waals surface area (Å²) in [7, 11) is 1.50. The van der Waals surface area contributed by atoms with Gasteiger partial charge in [0, 0.05) is 38.5 Å². The zero-order valence-electron chi connectivity index (χ0n) is 11.4. The number of ether oxygens (including phenoxy) is 1. The summed E-state index contributed by atoms with van der Waals surface area (Å²) in [5.74, 6) is -1.05. The Bertz CT molecular complexity index is 425. The Morgan fingerprint density at radius 1 is 1.45 bits per heavy atom. The summed E-state index contributed by atoms with van der Waals surface area (Å²) in [5.41, 5.74) is 0.870. The average molecular weight is 281 g/mol. The van der Waals surface area contributed by atoms with Crippen molar-refractivity contribution in [2.24, 2.45) is 0 Å². The normalized spacial score (nSPS) is 10.1. The fourth-order valence-corrected chi connectivity index (χ4v) is 1.57. The standard InChI is InChI=1S/C13H19N3O4/c1-20-9-8-16(10-12(17)18)13(19)15-7-5-11-4-2-3-6-14-11/h2-4,6H,5,7-10H2,1H3,(H,15,19)(H,17,18). The second kappa shape index (κ2) is 8.87. The molecule has 0 aliphatic rings. The minimum atomic E-state index is -1.05. The van der Waals surface area contributed by atoms with Crippen molar-refractivity contribution in [1.29, 1.82) is 0 Å². The number of pyridine rings is 1. The highest BCUT2D eigenvalue weighted by atomic mass is 16.5. The van der Waals surface area contributed by atoms with Gasteiger partial charge in [0.05, 0.1) is 6.61 Å². The quantitative estimate of drug-likeness (QED) is 0.718. The fourth-order valence-electron chi connectivity index (χ4n) is 1.57. The van der Waals surface area contributed by atoms with E-state index < -0.39 is 12.0 Å². The minimum absolute atomic E-state index is 0.234. The van der Waals surface area contributed by atoms with Gasteiger partial charge in [0.15, 0.2) is 0 Å². The number of carbonyl (C=O) groups is 2. The van der Waals surface area contributed by atoms with E-state index in [1.54, 1.807) is 6.20 Å². The highest BCUT2D eigenvalue weighted by Gasteiger charge is 2.15. The fraction of sp³-hybridized carbons (Fsp3) is 0.462. The number of carboxylic acids is 1. The van der Waals surface area contributed by atoms with Crippen LogP contribution in [0, 0.1) is 0 Å². The van der Waals surface area contributed by atoms with E-state index in [1.165, 1.54) is 12.0 Å². The van der Waals surface area contributed by atoms with Crippen molar-refractivity contribution in [1.82, 2.24) is 15.2 Å². The molecular weight excluding hydrogens is 262 g/mol. The van der Waals surface area contributed by atoms with E-state index in [-0.39, 0.29) is 13.1 Å². The molecule has 0 fully saturated rings. The third kappa shape index (κ3) is 6.14. The predicted molar refractivity (Wildman–Crippen MR) is 72.4 cm³/mol. The van der Waals surface area contributed by atoms with Crippen LogP contribution < -0.4 is 5.32 Å². The van der Waals surface area contributed by atoms with Crippen LogP contribution in [-0.2, 0) is 16.0 Å². The molecule has 1 rings (SSSR count). The Morgan fingerprint density at radius 3 is 2.85 bits per heavy atom. The van der Waals surface area contributed by atoms with Crippen molar-refractivity contribution in [2.75, 3.05) is 33.4 Å². The van der Waals surface area contributed by atoms with Crippen molar-refractivity contribution in [3.05, 3.63) is 30.1 Å². The molecule has 7 nitrogen and oxygen atoms in total. The van der Waals surface area contributed by atoms with Gasteiger partial charge in [0.25, 0.3) is 0 Å². The molecule has 0 aliphatic heterocycles. The summed E-state index contributed by atoms with van der Waals surface area (Å²) in [6.07, 6.45) is 2.28. The van der Waals surface area contributed by atoms with Crippen LogP contribution in [0.1, 0.15) is 5.69 Å². The second-order valence-corrected chi connectivity index (χ2v) is 4.11. The minimum Gasteiger partial charge on any atom is -0.480 e. The largest absolute Gasteiger partial charge is 0.480 e. The summed E-state index contributed by atoms with van der Waals surface area (Å²) in [6, 6.07) is 5.15. The molecular formula is C13H19N3O4. The van der Waals surface area contributed by atoms with Gasteiger partial charge >= 0.3 is 12.0 Å². The van der Waals surface area contributed by atoms with Gasteiger partial charge in [-0.3, -0.25) is 9.78 Å². The van der Waals surface area contributed by atoms with Gasteiger partial charge < -0.3 is 20.1 Å². The monoisotopic (exact) mass is 281 g/mol. The molecule has 0 atom stereocenters. The highest BCUT2D eigenvalue weighted by Crippen LogP contribution is 1.95. The molecule has 0 bridgehead atoms. The molecule has 0 saturated carbocycles. The number of aromatic nitrogens is 1. The molecule has 110 valence electrons. The van der Waals surface area contributed by atoms with E-state index in [0.29, 0.717) is 19.6 Å². The van der Waals surface area contributed by atoms with Crippen molar-refractivity contribution in [3.8, 4) is 0 Å². The first-order valence-corrected chi connectivity index (χ1v) is 6.27. The highest BCUT2D eigenvalue weighted by molar-refractivity contribution is 5.80. The van der Waals surface area contributed by atoms with Gasteiger partial charge in [0.1, 0.15) is 6.54 Å². The molecule has 2 N–H and O–H groups in total. The Balaban J connectivity index is 2.38. The topological polar surface area (TPSA) is 91.8 Å². The van der Waals surface area contributed by atoms with E-state index in [0.717, 1.165) is 5.69 Å². The van der Waals surface area contributed by atoms with Crippen LogP contribution in [0.2, 0.25) is 0 Å². The van der Waals surface area contributed by atoms with Crippen molar-refractivity contribution >= 4 is 12.0 Å². The number of nitrogens with one attached hydrogen (secondary N) is 1. The molecule has 1 aromatic rings. The number of urea groups is 1.